The van der Waals surface area contributed by atoms with Gasteiger partial charge in [0.05, 0.1) is 18.8 Å². The van der Waals surface area contributed by atoms with Crippen LogP contribution in [0.3, 0.4) is 0 Å². The number of aliphatic hydroxyl groups excluding tert-OH is 1. The number of aliphatic hydroxyl groups is 1. The van der Waals surface area contributed by atoms with Crippen molar-refractivity contribution in [2.75, 3.05) is 32.7 Å². The molecule has 0 unspecified atom stereocenters. The zero-order chi connectivity index (χ0) is 39.3. The summed E-state index contributed by atoms with van der Waals surface area (Å²) < 4.78 is 82.9. The van der Waals surface area contributed by atoms with Crippen LogP contribution in [0.1, 0.15) is 57.5 Å². The molecular formula is C44H42F5N3O4. The van der Waals surface area contributed by atoms with E-state index in [1.165, 1.54) is 5.56 Å². The summed E-state index contributed by atoms with van der Waals surface area (Å²) in [5, 5.41) is 11.9. The number of piperazine rings is 1. The summed E-state index contributed by atoms with van der Waals surface area (Å²) in [6.07, 6.45) is -1.16. The largest absolute Gasteiger partial charge is 0.392 e. The maximum atomic E-state index is 14.2. The Morgan fingerprint density at radius 2 is 1.29 bits per heavy atom. The zero-order valence-corrected chi connectivity index (χ0v) is 30.7. The highest BCUT2D eigenvalue weighted by atomic mass is 19.2. The average Bonchev–Trinajstić information content (AvgIpc) is 3.23. The van der Waals surface area contributed by atoms with E-state index in [9.17, 15) is 31.9 Å². The van der Waals surface area contributed by atoms with Crippen LogP contribution in [0.2, 0.25) is 0 Å². The smallest absolute Gasteiger partial charge is 0.257 e. The van der Waals surface area contributed by atoms with Crippen molar-refractivity contribution in [1.82, 2.24) is 15.1 Å². The van der Waals surface area contributed by atoms with Crippen molar-refractivity contribution in [2.45, 2.75) is 45.1 Å². The molecule has 1 amide bonds. The fourth-order valence-corrected chi connectivity index (χ4v) is 7.35. The predicted molar refractivity (Wildman–Crippen MR) is 200 cm³/mol. The van der Waals surface area contributed by atoms with E-state index < -0.39 is 46.8 Å². The molecular weight excluding hydrogens is 729 g/mol. The van der Waals surface area contributed by atoms with Crippen LogP contribution in [0.4, 0.5) is 22.0 Å². The quantitative estimate of drug-likeness (QED) is 0.0805. The van der Waals surface area contributed by atoms with Crippen molar-refractivity contribution in [1.29, 1.82) is 0 Å². The van der Waals surface area contributed by atoms with E-state index in [2.05, 4.69) is 46.3 Å². The maximum Gasteiger partial charge on any atom is 0.257 e. The SMILES string of the molecule is C[C@H]1[C@@H](CN2CCN(Cc3ccccc3)CC2)O[C@@H](c2cccc(-c3cccc(CNC(=O)c4c(F)c(F)c(F)c(F)c4F)c3)c2)O[C@H]1c1ccc(CO)cc1. The lowest BCUT2D eigenvalue weighted by atomic mass is 9.89. The molecule has 0 radical (unpaired) electrons. The molecule has 2 saturated heterocycles. The number of amides is 1. The molecule has 2 aliphatic heterocycles. The fourth-order valence-electron chi connectivity index (χ4n) is 7.35. The fraction of sp³-hybridized carbons (Fsp3) is 0.295. The van der Waals surface area contributed by atoms with Crippen LogP contribution in [-0.4, -0.2) is 59.6 Å². The van der Waals surface area contributed by atoms with E-state index in [0.717, 1.165) is 67.1 Å². The van der Waals surface area contributed by atoms with Crippen LogP contribution in [0.5, 0.6) is 0 Å². The minimum Gasteiger partial charge on any atom is -0.392 e. The van der Waals surface area contributed by atoms with E-state index >= 15 is 0 Å². The van der Waals surface area contributed by atoms with Gasteiger partial charge in [0.25, 0.3) is 5.91 Å². The van der Waals surface area contributed by atoms with Crippen LogP contribution in [0.25, 0.3) is 11.1 Å². The summed E-state index contributed by atoms with van der Waals surface area (Å²) in [6, 6.07) is 32.9. The standard InChI is InChI=1S/C44H42F5N3O4/c1-27-35(25-52-19-17-51(18-20-52)24-28-7-3-2-4-8-28)55-44(56-42(27)31-15-13-29(26-53)14-16-31)34-12-6-11-33(22-34)32-10-5-9-30(21-32)23-50-43(54)36-37(45)39(47)41(49)40(48)38(36)46/h2-16,21-22,27,35,42,44,53H,17-20,23-26H2,1H3,(H,50,54)/t27-,35+,42+,44+/m0/s1. The second-order valence-corrected chi connectivity index (χ2v) is 14.3. The normalized spacial score (nSPS) is 20.6. The van der Waals surface area contributed by atoms with E-state index in [0.29, 0.717) is 5.56 Å². The van der Waals surface area contributed by atoms with Gasteiger partial charge < -0.3 is 19.9 Å². The Bertz CT molecular complexity index is 2120. The van der Waals surface area contributed by atoms with Gasteiger partial charge in [0, 0.05) is 57.3 Å². The number of nitrogens with one attached hydrogen (secondary N) is 1. The molecule has 2 N–H and O–H groups in total. The molecule has 292 valence electrons. The van der Waals surface area contributed by atoms with Gasteiger partial charge in [-0.25, -0.2) is 22.0 Å². The van der Waals surface area contributed by atoms with Crippen molar-refractivity contribution < 1.29 is 41.3 Å². The molecule has 4 atom stereocenters. The lowest BCUT2D eigenvalue weighted by Gasteiger charge is -2.44. The number of ether oxygens (including phenoxy) is 2. The van der Waals surface area contributed by atoms with Gasteiger partial charge in [0.1, 0.15) is 5.56 Å². The zero-order valence-electron chi connectivity index (χ0n) is 30.7. The van der Waals surface area contributed by atoms with Crippen LogP contribution >= 0.6 is 0 Å². The summed E-state index contributed by atoms with van der Waals surface area (Å²) in [5.74, 6) is -12.5. The van der Waals surface area contributed by atoms with Gasteiger partial charge in [-0.05, 0) is 45.5 Å². The molecule has 5 aromatic carbocycles. The van der Waals surface area contributed by atoms with E-state index in [1.54, 1.807) is 18.2 Å². The Morgan fingerprint density at radius 1 is 0.679 bits per heavy atom. The van der Waals surface area contributed by atoms with Gasteiger partial charge in [-0.1, -0.05) is 97.9 Å². The Morgan fingerprint density at radius 3 is 1.96 bits per heavy atom. The van der Waals surface area contributed by atoms with Crippen molar-refractivity contribution >= 4 is 5.91 Å². The number of hydrogen-bond acceptors (Lipinski definition) is 6. The number of hydrogen-bond donors (Lipinski definition) is 2. The average molecular weight is 772 g/mol. The third-order valence-electron chi connectivity index (χ3n) is 10.6. The van der Waals surface area contributed by atoms with Crippen LogP contribution in [0, 0.1) is 35.0 Å². The van der Waals surface area contributed by atoms with Crippen LogP contribution in [0.15, 0.2) is 103 Å². The molecule has 0 saturated carbocycles. The van der Waals surface area contributed by atoms with Gasteiger partial charge in [-0.3, -0.25) is 14.6 Å². The summed E-state index contributed by atoms with van der Waals surface area (Å²) in [6.45, 7) is 7.21. The molecule has 0 bridgehead atoms. The van der Waals surface area contributed by atoms with Gasteiger partial charge in [-0.15, -0.1) is 0 Å². The molecule has 2 aliphatic rings. The minimum absolute atomic E-state index is 0.00787. The summed E-state index contributed by atoms with van der Waals surface area (Å²) >= 11 is 0. The molecule has 0 aliphatic carbocycles. The highest BCUT2D eigenvalue weighted by Gasteiger charge is 2.39. The van der Waals surface area contributed by atoms with Crippen molar-refractivity contribution in [3.63, 3.8) is 0 Å². The Kier molecular flexibility index (Phi) is 12.2. The number of rotatable bonds is 11. The molecule has 56 heavy (non-hydrogen) atoms. The van der Waals surface area contributed by atoms with Crippen molar-refractivity contribution in [3.05, 3.63) is 166 Å². The number of carbonyl (C=O) groups excluding carboxylic acids is 1. The number of carbonyl (C=O) groups is 1. The molecule has 5 aromatic rings. The third kappa shape index (κ3) is 8.69. The first kappa shape index (κ1) is 39.3. The predicted octanol–water partition coefficient (Wildman–Crippen LogP) is 8.08. The third-order valence-corrected chi connectivity index (χ3v) is 10.6. The first-order chi connectivity index (χ1) is 27.1. The summed E-state index contributed by atoms with van der Waals surface area (Å²) in [4.78, 5) is 17.5. The Labute approximate surface area is 322 Å². The number of nitrogens with zero attached hydrogens (tertiary/aromatic N) is 2. The number of benzene rings is 5. The Hall–Kier alpha value is -4.98. The first-order valence-corrected chi connectivity index (χ1v) is 18.6. The van der Waals surface area contributed by atoms with E-state index in [1.807, 2.05) is 60.7 Å². The molecule has 0 spiro atoms. The van der Waals surface area contributed by atoms with Gasteiger partial charge in [-0.2, -0.15) is 0 Å². The van der Waals surface area contributed by atoms with Crippen molar-refractivity contribution in [3.8, 4) is 11.1 Å². The summed E-state index contributed by atoms with van der Waals surface area (Å²) in [5.41, 5.74) is 4.41. The number of halogens is 5. The topological polar surface area (TPSA) is 74.3 Å². The lowest BCUT2D eigenvalue weighted by Crippen LogP contribution is -2.51. The van der Waals surface area contributed by atoms with E-state index in [-0.39, 0.29) is 31.3 Å². The molecule has 7 nitrogen and oxygen atoms in total. The molecule has 0 aromatic heterocycles. The van der Waals surface area contributed by atoms with Gasteiger partial charge >= 0.3 is 0 Å². The van der Waals surface area contributed by atoms with E-state index in [4.69, 9.17) is 9.47 Å². The van der Waals surface area contributed by atoms with Gasteiger partial charge in [0.15, 0.2) is 29.6 Å². The first-order valence-electron chi connectivity index (χ1n) is 18.6. The van der Waals surface area contributed by atoms with Crippen molar-refractivity contribution in [2.24, 2.45) is 5.92 Å². The molecule has 7 rings (SSSR count). The monoisotopic (exact) mass is 771 g/mol. The van der Waals surface area contributed by atoms with Crippen LogP contribution < -0.4 is 5.32 Å². The van der Waals surface area contributed by atoms with Gasteiger partial charge in [0.2, 0.25) is 5.82 Å². The summed E-state index contributed by atoms with van der Waals surface area (Å²) in [7, 11) is 0. The maximum absolute atomic E-state index is 14.2. The Balaban J connectivity index is 1.07. The molecule has 2 heterocycles. The lowest BCUT2D eigenvalue weighted by molar-refractivity contribution is -0.276. The molecule has 12 heteroatoms. The highest BCUT2D eigenvalue weighted by Crippen LogP contribution is 2.42. The second kappa shape index (κ2) is 17.4. The molecule has 2 fully saturated rings. The minimum atomic E-state index is -2.33. The second-order valence-electron chi connectivity index (χ2n) is 14.3. The highest BCUT2D eigenvalue weighted by molar-refractivity contribution is 5.94. The van der Waals surface area contributed by atoms with Crippen LogP contribution in [-0.2, 0) is 29.2 Å².